The molecule has 0 amide bonds. The van der Waals surface area contributed by atoms with E-state index in [-0.39, 0.29) is 6.04 Å². The van der Waals surface area contributed by atoms with Crippen LogP contribution in [0.2, 0.25) is 0 Å². The summed E-state index contributed by atoms with van der Waals surface area (Å²) in [5.41, 5.74) is 7.13. The molecule has 0 bridgehead atoms. The van der Waals surface area contributed by atoms with Crippen molar-refractivity contribution < 1.29 is 9.47 Å². The van der Waals surface area contributed by atoms with Crippen molar-refractivity contribution in [1.82, 2.24) is 19.6 Å². The second kappa shape index (κ2) is 6.68. The van der Waals surface area contributed by atoms with Gasteiger partial charge < -0.3 is 15.2 Å². The highest BCUT2D eigenvalue weighted by atomic mass is 16.5. The number of pyridine rings is 2. The second-order valence-corrected chi connectivity index (χ2v) is 6.52. The smallest absolute Gasteiger partial charge is 0.200 e. The summed E-state index contributed by atoms with van der Waals surface area (Å²) in [6.45, 7) is 3.12. The van der Waals surface area contributed by atoms with E-state index < -0.39 is 0 Å². The minimum atomic E-state index is -0.0175. The van der Waals surface area contributed by atoms with Crippen LogP contribution in [0.4, 0.5) is 0 Å². The van der Waals surface area contributed by atoms with E-state index in [2.05, 4.69) is 15.1 Å². The monoisotopic (exact) mass is 339 g/mol. The van der Waals surface area contributed by atoms with Gasteiger partial charge in [0, 0.05) is 6.04 Å². The van der Waals surface area contributed by atoms with Gasteiger partial charge in [0.1, 0.15) is 23.8 Å². The molecule has 7 heteroatoms. The standard InChI is InChI=1S/C18H21N5O2/c1-12(19)10-24-14-4-6-16(20-8-14)18-21-17-7-5-15(9-23(17)22-18)25-11-13-2-3-13/h4-9,12-13H,2-3,10-11,19H2,1H3/t12-/m0/s1. The Morgan fingerprint density at radius 3 is 2.76 bits per heavy atom. The lowest BCUT2D eigenvalue weighted by atomic mass is 10.3. The normalized spacial score (nSPS) is 15.3. The predicted molar refractivity (Wildman–Crippen MR) is 93.6 cm³/mol. The molecule has 4 rings (SSSR count). The van der Waals surface area contributed by atoms with Crippen molar-refractivity contribution in [3.8, 4) is 23.0 Å². The molecule has 1 fully saturated rings. The fourth-order valence-corrected chi connectivity index (χ4v) is 2.38. The van der Waals surface area contributed by atoms with E-state index in [1.165, 1.54) is 12.8 Å². The summed E-state index contributed by atoms with van der Waals surface area (Å²) >= 11 is 0. The Bertz CT molecular complexity index is 856. The van der Waals surface area contributed by atoms with E-state index in [0.29, 0.717) is 29.8 Å². The van der Waals surface area contributed by atoms with Crippen molar-refractivity contribution >= 4 is 5.65 Å². The molecular weight excluding hydrogens is 318 g/mol. The Morgan fingerprint density at radius 2 is 2.04 bits per heavy atom. The molecule has 0 unspecified atom stereocenters. The van der Waals surface area contributed by atoms with E-state index in [0.717, 1.165) is 18.0 Å². The fraction of sp³-hybridized carbons (Fsp3) is 0.389. The molecule has 3 aromatic heterocycles. The molecule has 1 aliphatic carbocycles. The van der Waals surface area contributed by atoms with Crippen LogP contribution in [0.1, 0.15) is 19.8 Å². The van der Waals surface area contributed by atoms with Gasteiger partial charge in [0.05, 0.1) is 19.0 Å². The molecule has 0 radical (unpaired) electrons. The number of aromatic nitrogens is 4. The number of hydrogen-bond acceptors (Lipinski definition) is 6. The van der Waals surface area contributed by atoms with Gasteiger partial charge in [0.2, 0.25) is 5.82 Å². The third kappa shape index (κ3) is 3.88. The van der Waals surface area contributed by atoms with Crippen LogP contribution in [0, 0.1) is 5.92 Å². The SMILES string of the molecule is C[C@H](N)COc1ccc(-c2nc3ccc(OCC4CC4)cn3n2)nc1. The van der Waals surface area contributed by atoms with Gasteiger partial charge in [-0.05, 0) is 49.9 Å². The average molecular weight is 339 g/mol. The number of nitrogens with two attached hydrogens (primary N) is 1. The van der Waals surface area contributed by atoms with Gasteiger partial charge in [-0.25, -0.2) is 14.5 Å². The lowest BCUT2D eigenvalue weighted by Crippen LogP contribution is -2.23. The molecule has 0 aromatic carbocycles. The Labute approximate surface area is 145 Å². The van der Waals surface area contributed by atoms with Gasteiger partial charge in [0.25, 0.3) is 0 Å². The molecule has 1 atom stereocenters. The topological polar surface area (TPSA) is 87.6 Å². The van der Waals surface area contributed by atoms with Crippen LogP contribution in [-0.2, 0) is 0 Å². The molecule has 1 saturated carbocycles. The van der Waals surface area contributed by atoms with Crippen LogP contribution in [0.25, 0.3) is 17.2 Å². The van der Waals surface area contributed by atoms with Crippen molar-refractivity contribution in [3.63, 3.8) is 0 Å². The highest BCUT2D eigenvalue weighted by molar-refractivity contribution is 5.54. The van der Waals surface area contributed by atoms with Crippen LogP contribution in [0.15, 0.2) is 36.7 Å². The summed E-state index contributed by atoms with van der Waals surface area (Å²) in [5, 5.41) is 4.49. The molecule has 0 spiro atoms. The molecule has 0 aliphatic heterocycles. The van der Waals surface area contributed by atoms with Crippen LogP contribution >= 0.6 is 0 Å². The summed E-state index contributed by atoms with van der Waals surface area (Å²) < 4.78 is 13.0. The minimum absolute atomic E-state index is 0.0175. The Hall–Kier alpha value is -2.67. The van der Waals surface area contributed by atoms with Gasteiger partial charge in [-0.1, -0.05) is 0 Å². The van der Waals surface area contributed by atoms with Gasteiger partial charge in [-0.15, -0.1) is 5.10 Å². The van der Waals surface area contributed by atoms with Gasteiger partial charge in [-0.3, -0.25) is 0 Å². The fourth-order valence-electron chi connectivity index (χ4n) is 2.38. The molecule has 3 aromatic rings. The predicted octanol–water partition coefficient (Wildman–Crippen LogP) is 2.31. The minimum Gasteiger partial charge on any atom is -0.492 e. The molecule has 0 saturated heterocycles. The lowest BCUT2D eigenvalue weighted by molar-refractivity contribution is 0.295. The van der Waals surface area contributed by atoms with E-state index in [4.69, 9.17) is 15.2 Å². The molecule has 3 heterocycles. The summed E-state index contributed by atoms with van der Waals surface area (Å²) in [7, 11) is 0. The van der Waals surface area contributed by atoms with E-state index in [1.807, 2.05) is 37.4 Å². The van der Waals surface area contributed by atoms with Gasteiger partial charge >= 0.3 is 0 Å². The summed E-state index contributed by atoms with van der Waals surface area (Å²) in [6.07, 6.45) is 6.05. The summed E-state index contributed by atoms with van der Waals surface area (Å²) in [6, 6.07) is 7.50. The molecule has 7 nitrogen and oxygen atoms in total. The molecule has 2 N–H and O–H groups in total. The zero-order valence-corrected chi connectivity index (χ0v) is 14.1. The third-order valence-electron chi connectivity index (χ3n) is 3.96. The number of rotatable bonds is 7. The third-order valence-corrected chi connectivity index (χ3v) is 3.96. The molecule has 25 heavy (non-hydrogen) atoms. The average Bonchev–Trinajstić information content (AvgIpc) is 3.35. The summed E-state index contributed by atoms with van der Waals surface area (Å²) in [4.78, 5) is 8.89. The van der Waals surface area contributed by atoms with Gasteiger partial charge in [0.15, 0.2) is 5.65 Å². The van der Waals surface area contributed by atoms with Gasteiger partial charge in [-0.2, -0.15) is 0 Å². The van der Waals surface area contributed by atoms with Crippen molar-refractivity contribution in [2.24, 2.45) is 11.7 Å². The Morgan fingerprint density at radius 1 is 1.20 bits per heavy atom. The highest BCUT2D eigenvalue weighted by Gasteiger charge is 2.22. The maximum absolute atomic E-state index is 5.78. The first kappa shape index (κ1) is 15.8. The Balaban J connectivity index is 1.50. The molecular formula is C18H21N5O2. The number of nitrogens with zero attached hydrogens (tertiary/aromatic N) is 4. The quantitative estimate of drug-likeness (QED) is 0.711. The molecule has 1 aliphatic rings. The zero-order valence-electron chi connectivity index (χ0n) is 14.1. The maximum Gasteiger partial charge on any atom is 0.200 e. The second-order valence-electron chi connectivity index (χ2n) is 6.52. The van der Waals surface area contributed by atoms with Crippen LogP contribution < -0.4 is 15.2 Å². The van der Waals surface area contributed by atoms with Crippen LogP contribution in [-0.4, -0.2) is 38.8 Å². The number of fused-ring (bicyclic) bond motifs is 1. The van der Waals surface area contributed by atoms with Crippen molar-refractivity contribution in [2.75, 3.05) is 13.2 Å². The lowest BCUT2D eigenvalue weighted by Gasteiger charge is -2.07. The van der Waals surface area contributed by atoms with Crippen molar-refractivity contribution in [1.29, 1.82) is 0 Å². The Kier molecular flexibility index (Phi) is 4.23. The van der Waals surface area contributed by atoms with E-state index in [9.17, 15) is 0 Å². The molecule has 130 valence electrons. The van der Waals surface area contributed by atoms with Crippen molar-refractivity contribution in [3.05, 3.63) is 36.7 Å². The number of hydrogen-bond donors (Lipinski definition) is 1. The number of ether oxygens (including phenoxy) is 2. The zero-order chi connectivity index (χ0) is 17.2. The highest BCUT2D eigenvalue weighted by Crippen LogP contribution is 2.29. The van der Waals surface area contributed by atoms with Crippen molar-refractivity contribution in [2.45, 2.75) is 25.8 Å². The maximum atomic E-state index is 5.78. The van der Waals surface area contributed by atoms with Crippen LogP contribution in [0.3, 0.4) is 0 Å². The van der Waals surface area contributed by atoms with Crippen LogP contribution in [0.5, 0.6) is 11.5 Å². The van der Waals surface area contributed by atoms with E-state index >= 15 is 0 Å². The first-order valence-electron chi connectivity index (χ1n) is 8.51. The van der Waals surface area contributed by atoms with E-state index in [1.54, 1.807) is 10.7 Å². The summed E-state index contributed by atoms with van der Waals surface area (Å²) in [5.74, 6) is 2.77. The largest absolute Gasteiger partial charge is 0.492 e. The first-order chi connectivity index (χ1) is 12.2. The first-order valence-corrected chi connectivity index (χ1v) is 8.51.